The normalized spacial score (nSPS) is 15.4. The molecule has 4 rings (SSSR count). The Bertz CT molecular complexity index is 1250. The highest BCUT2D eigenvalue weighted by atomic mass is 32.2. The molecule has 1 aromatic heterocycles. The summed E-state index contributed by atoms with van der Waals surface area (Å²) < 4.78 is 17.2. The average Bonchev–Trinajstić information content (AvgIpc) is 3.25. The lowest BCUT2D eigenvalue weighted by Crippen LogP contribution is -2.37. The van der Waals surface area contributed by atoms with E-state index in [1.54, 1.807) is 37.1 Å². The highest BCUT2D eigenvalue weighted by Gasteiger charge is 2.24. The fourth-order valence-electron chi connectivity index (χ4n) is 4.12. The van der Waals surface area contributed by atoms with Gasteiger partial charge in [-0.2, -0.15) is 0 Å². The highest BCUT2D eigenvalue weighted by Crippen LogP contribution is 2.32. The molecule has 2 N–H and O–H groups in total. The molecular weight excluding hydrogens is 510 g/mol. The number of thioether (sulfide) groups is 1. The number of aryl methyl sites for hydroxylation is 1. The number of rotatable bonds is 10. The molecule has 3 aromatic rings. The molecule has 2 amide bonds. The van der Waals surface area contributed by atoms with Crippen LogP contribution in [-0.2, 0) is 22.4 Å². The zero-order chi connectivity index (χ0) is 26.4. The van der Waals surface area contributed by atoms with Crippen molar-refractivity contribution in [2.45, 2.75) is 50.2 Å². The third-order valence-corrected chi connectivity index (χ3v) is 7.52. The topological polar surface area (TPSA) is 98.8 Å². The molecule has 2 aromatic carbocycles. The van der Waals surface area contributed by atoms with Crippen LogP contribution in [0, 0.1) is 0 Å². The molecule has 0 saturated carbocycles. The number of carbonyl (C=O) groups is 2. The van der Waals surface area contributed by atoms with Crippen molar-refractivity contribution < 1.29 is 23.8 Å². The Morgan fingerprint density at radius 2 is 1.92 bits per heavy atom. The maximum Gasteiger partial charge on any atom is 0.257 e. The van der Waals surface area contributed by atoms with Crippen LogP contribution in [0.4, 0.5) is 5.13 Å². The van der Waals surface area contributed by atoms with Gasteiger partial charge in [-0.1, -0.05) is 0 Å². The molecule has 10 heteroatoms. The summed E-state index contributed by atoms with van der Waals surface area (Å²) in [5.41, 5.74) is 1.37. The van der Waals surface area contributed by atoms with Crippen molar-refractivity contribution in [3.05, 3.63) is 58.6 Å². The Morgan fingerprint density at radius 3 is 2.62 bits per heavy atom. The molecule has 0 saturated heterocycles. The van der Waals surface area contributed by atoms with Crippen LogP contribution in [0.15, 0.2) is 47.4 Å². The van der Waals surface area contributed by atoms with E-state index >= 15 is 0 Å². The molecule has 0 spiro atoms. The van der Waals surface area contributed by atoms with Crippen molar-refractivity contribution >= 4 is 40.0 Å². The molecule has 0 aliphatic heterocycles. The quantitative estimate of drug-likeness (QED) is 0.335. The van der Waals surface area contributed by atoms with Gasteiger partial charge in [-0.3, -0.25) is 14.9 Å². The Balaban J connectivity index is 1.53. The molecule has 1 heterocycles. The first-order valence-electron chi connectivity index (χ1n) is 12.0. The van der Waals surface area contributed by atoms with E-state index in [1.807, 2.05) is 37.4 Å². The fourth-order valence-corrected chi connectivity index (χ4v) is 5.61. The van der Waals surface area contributed by atoms with Crippen LogP contribution in [0.25, 0.3) is 0 Å². The molecule has 8 nitrogen and oxygen atoms in total. The zero-order valence-corrected chi connectivity index (χ0v) is 23.0. The van der Waals surface area contributed by atoms with Crippen LogP contribution < -0.4 is 20.1 Å². The van der Waals surface area contributed by atoms with Gasteiger partial charge >= 0.3 is 0 Å². The van der Waals surface area contributed by atoms with Crippen LogP contribution in [0.5, 0.6) is 17.2 Å². The van der Waals surface area contributed by atoms with Crippen LogP contribution in [-0.4, -0.2) is 48.9 Å². The first-order valence-corrected chi connectivity index (χ1v) is 14.1. The predicted octanol–water partition coefficient (Wildman–Crippen LogP) is 5.32. The SMILES string of the molecule is COCC(C)Oc1cc(Oc2ccc(SC)cc2)cc(C(=O)Nc2nc3c(s2)CC(NC(C)=O)CC3)c1. The van der Waals surface area contributed by atoms with Crippen molar-refractivity contribution in [3.8, 4) is 17.2 Å². The number of nitrogens with zero attached hydrogens (tertiary/aromatic N) is 1. The highest BCUT2D eigenvalue weighted by molar-refractivity contribution is 7.98. The number of benzene rings is 2. The number of hydrogen-bond donors (Lipinski definition) is 2. The van der Waals surface area contributed by atoms with Gasteiger partial charge in [0.15, 0.2) is 5.13 Å². The van der Waals surface area contributed by atoms with Crippen molar-refractivity contribution in [1.82, 2.24) is 10.3 Å². The molecule has 196 valence electrons. The lowest BCUT2D eigenvalue weighted by atomic mass is 9.98. The van der Waals surface area contributed by atoms with E-state index in [2.05, 4.69) is 15.6 Å². The van der Waals surface area contributed by atoms with E-state index in [0.717, 1.165) is 34.7 Å². The standard InChI is InChI=1S/C27H31N3O5S2/c1-16(15-33-3)34-21-11-18(12-22(14-21)35-20-6-8-23(36-4)9-7-20)26(32)30-27-29-24-10-5-19(28-17(2)31)13-25(24)37-27/h6-9,11-12,14,16,19H,5,10,13,15H2,1-4H3,(H,28,31)(H,29,30,32). The summed E-state index contributed by atoms with van der Waals surface area (Å²) in [6.45, 7) is 3.83. The molecule has 1 aliphatic rings. The monoisotopic (exact) mass is 541 g/mol. The summed E-state index contributed by atoms with van der Waals surface area (Å²) in [4.78, 5) is 31.5. The Kier molecular flexibility index (Phi) is 9.07. The summed E-state index contributed by atoms with van der Waals surface area (Å²) in [6, 6.07) is 13.0. The van der Waals surface area contributed by atoms with Crippen molar-refractivity contribution in [2.75, 3.05) is 25.3 Å². The van der Waals surface area contributed by atoms with E-state index < -0.39 is 0 Å². The summed E-state index contributed by atoms with van der Waals surface area (Å²) >= 11 is 3.10. The van der Waals surface area contributed by atoms with Crippen LogP contribution in [0.3, 0.4) is 0 Å². The number of ether oxygens (including phenoxy) is 3. The predicted molar refractivity (Wildman–Crippen MR) is 146 cm³/mol. The fraction of sp³-hybridized carbons (Fsp3) is 0.370. The summed E-state index contributed by atoms with van der Waals surface area (Å²) in [5.74, 6) is 1.31. The zero-order valence-electron chi connectivity index (χ0n) is 21.3. The molecule has 1 aliphatic carbocycles. The molecule has 2 atom stereocenters. The number of anilines is 1. The van der Waals surface area contributed by atoms with Crippen LogP contribution in [0.2, 0.25) is 0 Å². The minimum Gasteiger partial charge on any atom is -0.488 e. The van der Waals surface area contributed by atoms with E-state index in [0.29, 0.717) is 34.6 Å². The van der Waals surface area contributed by atoms with Crippen molar-refractivity contribution in [3.63, 3.8) is 0 Å². The maximum absolute atomic E-state index is 13.2. The summed E-state index contributed by atoms with van der Waals surface area (Å²) in [6.07, 6.45) is 4.13. The first kappa shape index (κ1) is 27.0. The summed E-state index contributed by atoms with van der Waals surface area (Å²) in [7, 11) is 1.61. The second-order valence-corrected chi connectivity index (χ2v) is 10.8. The molecular formula is C27H31N3O5S2. The Labute approximate surface area is 225 Å². The van der Waals surface area contributed by atoms with Gasteiger partial charge in [0.1, 0.15) is 23.4 Å². The Hall–Kier alpha value is -3.08. The van der Waals surface area contributed by atoms with E-state index in [9.17, 15) is 9.59 Å². The molecule has 2 unspecified atom stereocenters. The lowest BCUT2D eigenvalue weighted by molar-refractivity contribution is -0.119. The van der Waals surface area contributed by atoms with Gasteiger partial charge in [-0.15, -0.1) is 23.1 Å². The number of methoxy groups -OCH3 is 1. The van der Waals surface area contributed by atoms with Gasteiger partial charge in [0.25, 0.3) is 5.91 Å². The van der Waals surface area contributed by atoms with Crippen LogP contribution in [0.1, 0.15) is 41.2 Å². The van der Waals surface area contributed by atoms with Gasteiger partial charge in [-0.25, -0.2) is 4.98 Å². The number of nitrogens with one attached hydrogen (secondary N) is 2. The maximum atomic E-state index is 13.2. The smallest absolute Gasteiger partial charge is 0.257 e. The number of amides is 2. The summed E-state index contributed by atoms with van der Waals surface area (Å²) in [5, 5.41) is 6.44. The van der Waals surface area contributed by atoms with Gasteiger partial charge in [0.05, 0.1) is 12.3 Å². The van der Waals surface area contributed by atoms with E-state index in [1.165, 1.54) is 18.3 Å². The van der Waals surface area contributed by atoms with Gasteiger partial charge < -0.3 is 19.5 Å². The molecule has 0 bridgehead atoms. The number of aromatic nitrogens is 1. The third kappa shape index (κ3) is 7.47. The first-order chi connectivity index (χ1) is 17.8. The number of fused-ring (bicyclic) bond motifs is 1. The molecule has 0 radical (unpaired) electrons. The lowest BCUT2D eigenvalue weighted by Gasteiger charge is -2.21. The minimum atomic E-state index is -0.308. The number of thiazole rings is 1. The second-order valence-electron chi connectivity index (χ2n) is 8.84. The molecule has 37 heavy (non-hydrogen) atoms. The van der Waals surface area contributed by atoms with Crippen molar-refractivity contribution in [2.24, 2.45) is 0 Å². The van der Waals surface area contributed by atoms with Gasteiger partial charge in [-0.05, 0) is 62.4 Å². The van der Waals surface area contributed by atoms with Gasteiger partial charge in [0.2, 0.25) is 5.91 Å². The second kappa shape index (κ2) is 12.4. The minimum absolute atomic E-state index is 0.0355. The van der Waals surface area contributed by atoms with E-state index in [-0.39, 0.29) is 24.0 Å². The third-order valence-electron chi connectivity index (χ3n) is 5.74. The largest absolute Gasteiger partial charge is 0.488 e. The van der Waals surface area contributed by atoms with Crippen LogP contribution >= 0.6 is 23.1 Å². The van der Waals surface area contributed by atoms with E-state index in [4.69, 9.17) is 14.2 Å². The van der Waals surface area contributed by atoms with Crippen molar-refractivity contribution in [1.29, 1.82) is 0 Å². The van der Waals surface area contributed by atoms with Gasteiger partial charge in [0, 0.05) is 47.9 Å². The number of hydrogen-bond acceptors (Lipinski definition) is 8. The number of carbonyl (C=O) groups excluding carboxylic acids is 2. The average molecular weight is 542 g/mol. The molecule has 0 fully saturated rings. The Morgan fingerprint density at radius 1 is 1.16 bits per heavy atom.